The molecule has 146 valence electrons. The monoisotopic (exact) mass is 375 g/mol. The Hall–Kier alpha value is -2.32. The van der Waals surface area contributed by atoms with E-state index in [4.69, 9.17) is 4.52 Å². The Morgan fingerprint density at radius 2 is 1.96 bits per heavy atom. The summed E-state index contributed by atoms with van der Waals surface area (Å²) >= 11 is 0. The Bertz CT molecular complexity index is 784. The van der Waals surface area contributed by atoms with Gasteiger partial charge in [-0.05, 0) is 32.4 Å². The summed E-state index contributed by atoms with van der Waals surface area (Å²) in [6.07, 6.45) is 0. The number of carbonyl (C=O) groups excluding carboxylic acids is 1. The largest absolute Gasteiger partial charge is 0.353 e. The van der Waals surface area contributed by atoms with Crippen LogP contribution in [-0.4, -0.2) is 64.6 Å². The van der Waals surface area contributed by atoms with Crippen molar-refractivity contribution >= 4 is 5.91 Å². The van der Waals surface area contributed by atoms with Gasteiger partial charge in [-0.25, -0.2) is 4.39 Å². The molecule has 1 N–H and O–H groups in total. The number of rotatable bonds is 6. The van der Waals surface area contributed by atoms with Gasteiger partial charge in [0.1, 0.15) is 5.82 Å². The first kappa shape index (κ1) is 19.4. The number of aromatic nitrogens is 2. The number of amides is 1. The molecule has 1 aromatic carbocycles. The minimum Gasteiger partial charge on any atom is -0.353 e. The van der Waals surface area contributed by atoms with E-state index in [1.54, 1.807) is 19.1 Å². The van der Waals surface area contributed by atoms with Crippen LogP contribution in [0.1, 0.15) is 25.3 Å². The summed E-state index contributed by atoms with van der Waals surface area (Å²) < 4.78 is 19.0. The summed E-state index contributed by atoms with van der Waals surface area (Å²) in [5.41, 5.74) is 1.19. The van der Waals surface area contributed by atoms with E-state index >= 15 is 0 Å². The van der Waals surface area contributed by atoms with Gasteiger partial charge in [-0.15, -0.1) is 0 Å². The van der Waals surface area contributed by atoms with Crippen molar-refractivity contribution < 1.29 is 13.7 Å². The lowest BCUT2D eigenvalue weighted by Crippen LogP contribution is -2.49. The smallest absolute Gasteiger partial charge is 0.241 e. The van der Waals surface area contributed by atoms with Crippen molar-refractivity contribution in [1.29, 1.82) is 0 Å². The lowest BCUT2D eigenvalue weighted by molar-refractivity contribution is -0.123. The quantitative estimate of drug-likeness (QED) is 0.830. The van der Waals surface area contributed by atoms with Gasteiger partial charge in [0.05, 0.1) is 13.1 Å². The molecule has 1 saturated heterocycles. The van der Waals surface area contributed by atoms with Crippen LogP contribution < -0.4 is 5.32 Å². The minimum atomic E-state index is -0.281. The van der Waals surface area contributed by atoms with Crippen LogP contribution >= 0.6 is 0 Å². The summed E-state index contributed by atoms with van der Waals surface area (Å²) in [5.74, 6) is 0.687. The first-order chi connectivity index (χ1) is 12.9. The zero-order valence-electron chi connectivity index (χ0n) is 16.0. The van der Waals surface area contributed by atoms with Crippen LogP contribution in [0.4, 0.5) is 4.39 Å². The van der Waals surface area contributed by atoms with Crippen molar-refractivity contribution in [3.05, 3.63) is 35.5 Å². The number of hydrogen-bond donors (Lipinski definition) is 1. The molecule has 0 radical (unpaired) electrons. The zero-order chi connectivity index (χ0) is 19.4. The Morgan fingerprint density at radius 3 is 2.63 bits per heavy atom. The van der Waals surface area contributed by atoms with E-state index in [0.29, 0.717) is 35.9 Å². The number of piperazine rings is 1. The van der Waals surface area contributed by atoms with Gasteiger partial charge < -0.3 is 9.84 Å². The maximum Gasteiger partial charge on any atom is 0.241 e. The predicted molar refractivity (Wildman–Crippen MR) is 99.4 cm³/mol. The first-order valence-electron chi connectivity index (χ1n) is 9.24. The molecule has 0 bridgehead atoms. The van der Waals surface area contributed by atoms with Gasteiger partial charge in [0.15, 0.2) is 0 Å². The molecule has 0 aliphatic carbocycles. The fourth-order valence-corrected chi connectivity index (χ4v) is 3.04. The molecule has 7 nitrogen and oxygen atoms in total. The molecule has 2 heterocycles. The fourth-order valence-electron chi connectivity index (χ4n) is 3.04. The van der Waals surface area contributed by atoms with Crippen molar-refractivity contribution in [2.75, 3.05) is 32.7 Å². The fraction of sp³-hybridized carbons (Fsp3) is 0.526. The summed E-state index contributed by atoms with van der Waals surface area (Å²) in [6.45, 7) is 9.89. The second-order valence-corrected chi connectivity index (χ2v) is 7.25. The number of hydrogen-bond acceptors (Lipinski definition) is 6. The van der Waals surface area contributed by atoms with Gasteiger partial charge in [-0.1, -0.05) is 17.3 Å². The van der Waals surface area contributed by atoms with E-state index < -0.39 is 0 Å². The lowest BCUT2D eigenvalue weighted by Gasteiger charge is -2.33. The number of aryl methyl sites for hydroxylation is 1. The molecule has 0 spiro atoms. The molecule has 1 aliphatic rings. The number of carbonyl (C=O) groups is 1. The molecule has 1 amide bonds. The minimum absolute atomic E-state index is 0.0605. The highest BCUT2D eigenvalue weighted by Crippen LogP contribution is 2.19. The highest BCUT2D eigenvalue weighted by molar-refractivity contribution is 5.78. The Morgan fingerprint density at radius 1 is 1.26 bits per heavy atom. The molecule has 1 fully saturated rings. The number of nitrogens with zero attached hydrogens (tertiary/aromatic N) is 4. The molecule has 27 heavy (non-hydrogen) atoms. The predicted octanol–water partition coefficient (Wildman–Crippen LogP) is 1.83. The number of halogens is 1. The van der Waals surface area contributed by atoms with Gasteiger partial charge in [0, 0.05) is 37.8 Å². The molecular weight excluding hydrogens is 349 g/mol. The molecule has 0 atom stereocenters. The van der Waals surface area contributed by atoms with Crippen molar-refractivity contribution in [2.45, 2.75) is 33.4 Å². The number of nitrogens with one attached hydrogen (secondary N) is 1. The average Bonchev–Trinajstić information content (AvgIpc) is 3.07. The van der Waals surface area contributed by atoms with Gasteiger partial charge in [-0.3, -0.25) is 14.6 Å². The number of benzene rings is 1. The van der Waals surface area contributed by atoms with Crippen LogP contribution in [0, 0.1) is 12.7 Å². The molecule has 8 heteroatoms. The third-order valence-corrected chi connectivity index (χ3v) is 4.54. The second kappa shape index (κ2) is 8.58. The molecule has 1 aliphatic heterocycles. The highest BCUT2D eigenvalue weighted by Gasteiger charge is 2.21. The van der Waals surface area contributed by atoms with E-state index in [1.165, 1.54) is 6.07 Å². The van der Waals surface area contributed by atoms with E-state index in [0.717, 1.165) is 26.2 Å². The van der Waals surface area contributed by atoms with E-state index in [-0.39, 0.29) is 17.8 Å². The van der Waals surface area contributed by atoms with Gasteiger partial charge in [0.25, 0.3) is 0 Å². The molecule has 2 aromatic rings. The zero-order valence-corrected chi connectivity index (χ0v) is 16.0. The van der Waals surface area contributed by atoms with E-state index in [2.05, 4.69) is 25.3 Å². The third kappa shape index (κ3) is 5.33. The van der Waals surface area contributed by atoms with Crippen LogP contribution in [0.2, 0.25) is 0 Å². The average molecular weight is 375 g/mol. The van der Waals surface area contributed by atoms with Crippen molar-refractivity contribution in [2.24, 2.45) is 0 Å². The molecule has 1 aromatic heterocycles. The maximum atomic E-state index is 13.7. The van der Waals surface area contributed by atoms with E-state index in [1.807, 2.05) is 13.8 Å². The van der Waals surface area contributed by atoms with E-state index in [9.17, 15) is 9.18 Å². The van der Waals surface area contributed by atoms with Crippen LogP contribution in [0.5, 0.6) is 0 Å². The molecule has 3 rings (SSSR count). The van der Waals surface area contributed by atoms with Gasteiger partial charge >= 0.3 is 0 Å². The Balaban J connectivity index is 1.50. The van der Waals surface area contributed by atoms with Gasteiger partial charge in [0.2, 0.25) is 17.6 Å². The maximum absolute atomic E-state index is 13.7. The van der Waals surface area contributed by atoms with Crippen molar-refractivity contribution in [3.63, 3.8) is 0 Å². The standard InChI is InChI=1S/C19H26FN5O2/c1-13(2)21-17(26)11-24-6-8-25(9-7-24)12-18-22-19(23-27-18)15-5-4-14(3)16(20)10-15/h4-5,10,13H,6-9,11-12H2,1-3H3,(H,21,26). The Labute approximate surface area is 158 Å². The summed E-state index contributed by atoms with van der Waals surface area (Å²) in [5, 5.41) is 6.87. The first-order valence-corrected chi connectivity index (χ1v) is 9.24. The van der Waals surface area contributed by atoms with Crippen LogP contribution in [-0.2, 0) is 11.3 Å². The van der Waals surface area contributed by atoms with Gasteiger partial charge in [-0.2, -0.15) is 4.98 Å². The normalized spacial score (nSPS) is 16.0. The van der Waals surface area contributed by atoms with Crippen molar-refractivity contribution in [3.8, 4) is 11.4 Å². The lowest BCUT2D eigenvalue weighted by atomic mass is 10.1. The second-order valence-electron chi connectivity index (χ2n) is 7.25. The molecular formula is C19H26FN5O2. The highest BCUT2D eigenvalue weighted by atomic mass is 19.1. The topological polar surface area (TPSA) is 74.5 Å². The van der Waals surface area contributed by atoms with Crippen LogP contribution in [0.25, 0.3) is 11.4 Å². The summed E-state index contributed by atoms with van der Waals surface area (Å²) in [6, 6.07) is 5.07. The SMILES string of the molecule is Cc1ccc(-c2noc(CN3CCN(CC(=O)NC(C)C)CC3)n2)cc1F. The Kier molecular flexibility index (Phi) is 6.18. The summed E-state index contributed by atoms with van der Waals surface area (Å²) in [4.78, 5) is 20.6. The third-order valence-electron chi connectivity index (χ3n) is 4.54. The van der Waals surface area contributed by atoms with Crippen LogP contribution in [0.3, 0.4) is 0 Å². The van der Waals surface area contributed by atoms with Crippen molar-refractivity contribution in [1.82, 2.24) is 25.3 Å². The molecule has 0 unspecified atom stereocenters. The summed E-state index contributed by atoms with van der Waals surface area (Å²) in [7, 11) is 0. The molecule has 0 saturated carbocycles. The van der Waals surface area contributed by atoms with Crippen LogP contribution in [0.15, 0.2) is 22.7 Å².